The molecule has 27 heavy (non-hydrogen) atoms. The van der Waals surface area contributed by atoms with Gasteiger partial charge in [0.2, 0.25) is 0 Å². The summed E-state index contributed by atoms with van der Waals surface area (Å²) in [6.45, 7) is 2.28. The third-order valence-electron chi connectivity index (χ3n) is 5.54. The third-order valence-corrected chi connectivity index (χ3v) is 5.54. The average molecular weight is 367 g/mol. The fourth-order valence-electron chi connectivity index (χ4n) is 3.93. The van der Waals surface area contributed by atoms with Gasteiger partial charge >= 0.3 is 0 Å². The first-order chi connectivity index (χ1) is 13.1. The number of aromatic nitrogens is 2. The van der Waals surface area contributed by atoms with Crippen LogP contribution < -0.4 is 5.32 Å². The van der Waals surface area contributed by atoms with Crippen LogP contribution in [0.2, 0.25) is 0 Å². The molecule has 1 aliphatic carbocycles. The maximum atomic E-state index is 14.2. The lowest BCUT2D eigenvalue weighted by molar-refractivity contribution is -0.108. The van der Waals surface area contributed by atoms with E-state index in [0.29, 0.717) is 46.5 Å². The lowest BCUT2D eigenvalue weighted by atomic mass is 9.75. The Morgan fingerprint density at radius 3 is 2.85 bits per heavy atom. The number of nitrogens with zero attached hydrogens (tertiary/aromatic N) is 2. The van der Waals surface area contributed by atoms with E-state index >= 15 is 0 Å². The van der Waals surface area contributed by atoms with Crippen molar-refractivity contribution >= 4 is 17.0 Å². The number of nitrogens with one attached hydrogen (secondary N) is 1. The number of hydrogen-bond acceptors (Lipinski definition) is 5. The summed E-state index contributed by atoms with van der Waals surface area (Å²) in [7, 11) is 0. The molecule has 2 aromatic heterocycles. The number of aryl methyl sites for hydroxylation is 1. The zero-order valence-corrected chi connectivity index (χ0v) is 14.7. The molecule has 1 atom stereocenters. The number of rotatable bonds is 3. The number of fused-ring (bicyclic) bond motifs is 3. The normalized spacial score (nSPS) is 23.9. The SMILES string of the molecule is Cc1noc2nc(-c3ccccc3F)cc(C(=O)NC3COC4CC3C4)c12. The van der Waals surface area contributed by atoms with E-state index in [0.717, 1.165) is 12.8 Å². The van der Waals surface area contributed by atoms with Crippen molar-refractivity contribution in [1.29, 1.82) is 0 Å². The van der Waals surface area contributed by atoms with Gasteiger partial charge in [0.25, 0.3) is 11.6 Å². The number of benzene rings is 1. The summed E-state index contributed by atoms with van der Waals surface area (Å²) in [5.74, 6) is -0.196. The van der Waals surface area contributed by atoms with Gasteiger partial charge in [-0.05, 0) is 43.9 Å². The molecular weight excluding hydrogens is 349 g/mol. The molecule has 1 N–H and O–H groups in total. The fourth-order valence-corrected chi connectivity index (χ4v) is 3.93. The Hall–Kier alpha value is -2.80. The largest absolute Gasteiger partial charge is 0.376 e. The van der Waals surface area contributed by atoms with Crippen molar-refractivity contribution in [2.45, 2.75) is 31.9 Å². The van der Waals surface area contributed by atoms with Crippen LogP contribution in [0.3, 0.4) is 0 Å². The Labute approximate surface area is 154 Å². The van der Waals surface area contributed by atoms with Crippen molar-refractivity contribution in [3.63, 3.8) is 0 Å². The van der Waals surface area contributed by atoms with E-state index in [1.807, 2.05) is 0 Å². The standard InChI is InChI=1S/C20H18FN3O3/c1-10-18-14(19(25)22-17-9-26-12-6-11(17)7-12)8-16(23-20(18)27-24-10)13-4-2-3-5-15(13)21/h2-5,8,11-12,17H,6-7,9H2,1H3,(H,22,25). The minimum atomic E-state index is -0.409. The second kappa shape index (κ2) is 6.13. The number of carbonyl (C=O) groups is 1. The Bertz CT molecular complexity index is 1040. The fraction of sp³-hybridized carbons (Fsp3) is 0.350. The minimum Gasteiger partial charge on any atom is -0.376 e. The first-order valence-corrected chi connectivity index (χ1v) is 9.04. The highest BCUT2D eigenvalue weighted by Crippen LogP contribution is 2.38. The quantitative estimate of drug-likeness (QED) is 0.769. The van der Waals surface area contributed by atoms with E-state index in [2.05, 4.69) is 15.5 Å². The second-order valence-corrected chi connectivity index (χ2v) is 7.25. The highest BCUT2D eigenvalue weighted by Gasteiger charge is 2.42. The van der Waals surface area contributed by atoms with Crippen LogP contribution in [0.15, 0.2) is 34.9 Å². The molecule has 3 aromatic rings. The van der Waals surface area contributed by atoms with Gasteiger partial charge in [-0.25, -0.2) is 9.37 Å². The van der Waals surface area contributed by atoms with E-state index < -0.39 is 5.82 Å². The van der Waals surface area contributed by atoms with Crippen LogP contribution in [0, 0.1) is 18.7 Å². The zero-order valence-electron chi connectivity index (χ0n) is 14.7. The lowest BCUT2D eigenvalue weighted by Crippen LogP contribution is -2.55. The Kier molecular flexibility index (Phi) is 3.72. The second-order valence-electron chi connectivity index (χ2n) is 7.25. The van der Waals surface area contributed by atoms with Crippen LogP contribution in [-0.4, -0.2) is 34.8 Å². The monoisotopic (exact) mass is 367 g/mol. The summed E-state index contributed by atoms with van der Waals surface area (Å²) in [4.78, 5) is 17.4. The summed E-state index contributed by atoms with van der Waals surface area (Å²) in [6, 6.07) is 7.91. The molecule has 3 aliphatic rings. The molecule has 1 unspecified atom stereocenters. The summed E-state index contributed by atoms with van der Waals surface area (Å²) in [5.41, 5.74) is 1.84. The molecule has 7 heteroatoms. The van der Waals surface area contributed by atoms with Crippen molar-refractivity contribution < 1.29 is 18.4 Å². The molecule has 2 saturated heterocycles. The van der Waals surface area contributed by atoms with Gasteiger partial charge < -0.3 is 14.6 Å². The van der Waals surface area contributed by atoms with Gasteiger partial charge in [-0.2, -0.15) is 0 Å². The lowest BCUT2D eigenvalue weighted by Gasteiger charge is -2.46. The molecule has 4 heterocycles. The molecule has 0 radical (unpaired) electrons. The first kappa shape index (κ1) is 16.4. The summed E-state index contributed by atoms with van der Waals surface area (Å²) in [6.07, 6.45) is 2.33. The minimum absolute atomic E-state index is 0.0113. The number of carbonyl (C=O) groups excluding carboxylic acids is 1. The third kappa shape index (κ3) is 2.70. The molecule has 6 nitrogen and oxygen atoms in total. The van der Waals surface area contributed by atoms with Crippen LogP contribution in [0.5, 0.6) is 0 Å². The number of ether oxygens (including phenoxy) is 1. The Balaban J connectivity index is 1.56. The molecule has 2 aliphatic heterocycles. The molecule has 2 bridgehead atoms. The van der Waals surface area contributed by atoms with E-state index in [4.69, 9.17) is 9.26 Å². The van der Waals surface area contributed by atoms with Crippen LogP contribution >= 0.6 is 0 Å². The van der Waals surface area contributed by atoms with Crippen molar-refractivity contribution in [3.8, 4) is 11.3 Å². The van der Waals surface area contributed by atoms with Crippen LogP contribution in [-0.2, 0) is 4.74 Å². The van der Waals surface area contributed by atoms with Gasteiger partial charge in [0, 0.05) is 5.56 Å². The predicted molar refractivity (Wildman–Crippen MR) is 95.7 cm³/mol. The molecule has 1 saturated carbocycles. The Morgan fingerprint density at radius 2 is 2.11 bits per heavy atom. The van der Waals surface area contributed by atoms with Gasteiger partial charge in [0.15, 0.2) is 0 Å². The van der Waals surface area contributed by atoms with Crippen molar-refractivity contribution in [2.24, 2.45) is 5.92 Å². The highest BCUT2D eigenvalue weighted by molar-refractivity contribution is 6.07. The molecule has 1 amide bonds. The maximum Gasteiger partial charge on any atom is 0.259 e. The van der Waals surface area contributed by atoms with Crippen LogP contribution in [0.1, 0.15) is 28.9 Å². The van der Waals surface area contributed by atoms with Crippen molar-refractivity contribution in [2.75, 3.05) is 6.61 Å². The van der Waals surface area contributed by atoms with Crippen LogP contribution in [0.25, 0.3) is 22.4 Å². The van der Waals surface area contributed by atoms with Gasteiger partial charge in [-0.3, -0.25) is 4.79 Å². The Morgan fingerprint density at radius 1 is 1.30 bits per heavy atom. The van der Waals surface area contributed by atoms with Gasteiger partial charge in [0.05, 0.1) is 41.1 Å². The smallest absolute Gasteiger partial charge is 0.259 e. The molecule has 1 aromatic carbocycles. The van der Waals surface area contributed by atoms with E-state index in [1.165, 1.54) is 6.07 Å². The zero-order chi connectivity index (χ0) is 18.5. The van der Waals surface area contributed by atoms with E-state index in [9.17, 15) is 9.18 Å². The maximum absolute atomic E-state index is 14.2. The number of halogens is 1. The molecule has 6 rings (SSSR count). The molecule has 0 spiro atoms. The predicted octanol–water partition coefficient (Wildman–Crippen LogP) is 3.24. The highest BCUT2D eigenvalue weighted by atomic mass is 19.1. The van der Waals surface area contributed by atoms with Gasteiger partial charge in [0.1, 0.15) is 5.82 Å². The summed E-state index contributed by atoms with van der Waals surface area (Å²) in [5, 5.41) is 7.55. The molecule has 3 fully saturated rings. The number of pyridine rings is 1. The number of hydrogen-bond donors (Lipinski definition) is 1. The summed E-state index contributed by atoms with van der Waals surface area (Å²) >= 11 is 0. The van der Waals surface area contributed by atoms with E-state index in [1.54, 1.807) is 31.2 Å². The van der Waals surface area contributed by atoms with Crippen LogP contribution in [0.4, 0.5) is 4.39 Å². The van der Waals surface area contributed by atoms with Crippen molar-refractivity contribution in [1.82, 2.24) is 15.5 Å². The average Bonchev–Trinajstić information content (AvgIpc) is 3.02. The summed E-state index contributed by atoms with van der Waals surface area (Å²) < 4.78 is 25.2. The van der Waals surface area contributed by atoms with Crippen molar-refractivity contribution in [3.05, 3.63) is 47.4 Å². The molecule has 138 valence electrons. The number of amides is 1. The topological polar surface area (TPSA) is 77.2 Å². The van der Waals surface area contributed by atoms with Gasteiger partial charge in [-0.1, -0.05) is 17.3 Å². The van der Waals surface area contributed by atoms with Gasteiger partial charge in [-0.15, -0.1) is 0 Å². The first-order valence-electron chi connectivity index (χ1n) is 9.04. The molecular formula is C20H18FN3O3. The van der Waals surface area contributed by atoms with E-state index in [-0.39, 0.29) is 17.7 Å².